The quantitative estimate of drug-likeness (QED) is 0.428. The zero-order valence-corrected chi connectivity index (χ0v) is 26.9. The van der Waals surface area contributed by atoms with Gasteiger partial charge >= 0.3 is 6.18 Å². The van der Waals surface area contributed by atoms with Crippen LogP contribution in [-0.4, -0.2) is 62.6 Å². The predicted octanol–water partition coefficient (Wildman–Crippen LogP) is 6.11. The van der Waals surface area contributed by atoms with Crippen molar-refractivity contribution in [1.82, 2.24) is 19.4 Å². The summed E-state index contributed by atoms with van der Waals surface area (Å²) >= 11 is 0. The van der Waals surface area contributed by atoms with E-state index in [1.165, 1.54) is 31.0 Å². The first-order valence-electron chi connectivity index (χ1n) is 16.0. The van der Waals surface area contributed by atoms with Crippen molar-refractivity contribution in [2.45, 2.75) is 94.7 Å². The molecule has 3 aliphatic rings. The Morgan fingerprint density at radius 3 is 2.07 bits per heavy atom. The van der Waals surface area contributed by atoms with Crippen molar-refractivity contribution < 1.29 is 26.4 Å². The second-order valence-electron chi connectivity index (χ2n) is 13.2. The second-order valence-corrected chi connectivity index (χ2v) is 15.1. The summed E-state index contributed by atoms with van der Waals surface area (Å²) in [5.41, 5.74) is -0.433. The Morgan fingerprint density at radius 2 is 1.55 bits per heavy atom. The number of hydrogen-bond donors (Lipinski definition) is 1. The maximum absolute atomic E-state index is 14.2. The molecule has 1 atom stereocenters. The number of benzene rings is 1. The molecule has 1 aromatic carbocycles. The lowest BCUT2D eigenvalue weighted by Gasteiger charge is -2.50. The molecule has 1 unspecified atom stereocenters. The van der Waals surface area contributed by atoms with Gasteiger partial charge in [-0.05, 0) is 73.6 Å². The maximum Gasteiger partial charge on any atom is 0.435 e. The first-order chi connectivity index (χ1) is 20.9. The standard InChI is InChI=1S/C32H46F3N5O3S/c1-36-30(41)28-27-21-26(23-15-19-39(20-16-23)44(42,43)25-13-11-24(12-14-25)38(2)3)31(17-9-7-5-4-6-8-10-18-31)22-40(27)37-29(28)32(33,34)35/h11-14,23,26H,4-10,15-22H2,1-3H3,(H,36,41). The highest BCUT2D eigenvalue weighted by atomic mass is 32.2. The fourth-order valence-electron chi connectivity index (χ4n) is 7.98. The number of rotatable bonds is 5. The number of amides is 1. The van der Waals surface area contributed by atoms with E-state index < -0.39 is 27.8 Å². The Morgan fingerprint density at radius 1 is 0.977 bits per heavy atom. The van der Waals surface area contributed by atoms with Crippen LogP contribution in [-0.2, 0) is 29.2 Å². The molecule has 0 radical (unpaired) electrons. The van der Waals surface area contributed by atoms with E-state index in [0.717, 1.165) is 44.2 Å². The molecule has 8 nitrogen and oxygen atoms in total. The van der Waals surface area contributed by atoms with Gasteiger partial charge in [-0.1, -0.05) is 44.9 Å². The summed E-state index contributed by atoms with van der Waals surface area (Å²) in [5, 5.41) is 6.46. The molecule has 1 N–H and O–H groups in total. The summed E-state index contributed by atoms with van der Waals surface area (Å²) in [6.45, 7) is 1.10. The van der Waals surface area contributed by atoms with Crippen LogP contribution in [0, 0.1) is 17.3 Å². The van der Waals surface area contributed by atoms with E-state index in [1.54, 1.807) is 28.6 Å². The molecule has 2 aromatic rings. The number of hydrogen-bond acceptors (Lipinski definition) is 5. The molecule has 2 aliphatic heterocycles. The van der Waals surface area contributed by atoms with Crippen molar-refractivity contribution in [3.05, 3.63) is 41.2 Å². The summed E-state index contributed by atoms with van der Waals surface area (Å²) in [7, 11) is 1.48. The summed E-state index contributed by atoms with van der Waals surface area (Å²) in [4.78, 5) is 15.0. The fraction of sp³-hybridized carbons (Fsp3) is 0.688. The van der Waals surface area contributed by atoms with Crippen LogP contribution in [0.15, 0.2) is 29.2 Å². The van der Waals surface area contributed by atoms with E-state index in [0.29, 0.717) is 44.6 Å². The van der Waals surface area contributed by atoms with Gasteiger partial charge < -0.3 is 10.2 Å². The van der Waals surface area contributed by atoms with Crippen molar-refractivity contribution in [2.75, 3.05) is 39.1 Å². The molecule has 1 spiro atoms. The van der Waals surface area contributed by atoms with E-state index in [4.69, 9.17) is 0 Å². The lowest BCUT2D eigenvalue weighted by Crippen LogP contribution is -2.49. The third kappa shape index (κ3) is 6.52. The van der Waals surface area contributed by atoms with E-state index >= 15 is 0 Å². The number of piperidine rings is 1. The molecular weight excluding hydrogens is 591 g/mol. The van der Waals surface area contributed by atoms with Crippen LogP contribution in [0.1, 0.15) is 92.4 Å². The molecule has 244 valence electrons. The maximum atomic E-state index is 14.2. The van der Waals surface area contributed by atoms with Crippen molar-refractivity contribution in [1.29, 1.82) is 0 Å². The number of fused-ring (bicyclic) bond motifs is 1. The second kappa shape index (κ2) is 13.0. The number of carbonyl (C=O) groups is 1. The van der Waals surface area contributed by atoms with Crippen LogP contribution in [0.25, 0.3) is 0 Å². The van der Waals surface area contributed by atoms with Gasteiger partial charge in [0, 0.05) is 46.5 Å². The Bertz CT molecular complexity index is 1400. The molecular formula is C32H46F3N5O3S. The minimum absolute atomic E-state index is 0.0415. The van der Waals surface area contributed by atoms with E-state index in [1.807, 2.05) is 19.0 Å². The molecule has 44 heavy (non-hydrogen) atoms. The highest BCUT2D eigenvalue weighted by Crippen LogP contribution is 2.52. The zero-order valence-electron chi connectivity index (χ0n) is 26.1. The third-order valence-corrected chi connectivity index (χ3v) is 12.3. The Labute approximate surface area is 259 Å². The van der Waals surface area contributed by atoms with E-state index in [2.05, 4.69) is 10.4 Å². The SMILES string of the molecule is CNC(=O)c1c(C(F)(F)F)nn2c1CC(C1CCN(S(=O)(=O)c3ccc(N(C)C)cc3)CC1)C1(CCCCCCCCC1)C2. The molecule has 1 amide bonds. The lowest BCUT2D eigenvalue weighted by atomic mass is 9.59. The first kappa shape index (κ1) is 32.8. The van der Waals surface area contributed by atoms with Crippen LogP contribution in [0.3, 0.4) is 0 Å². The average Bonchev–Trinajstić information content (AvgIpc) is 3.38. The summed E-state index contributed by atoms with van der Waals surface area (Å²) in [6.07, 6.45) is 6.46. The molecule has 1 saturated heterocycles. The molecule has 0 bridgehead atoms. The molecule has 1 aliphatic carbocycles. The molecule has 5 rings (SSSR count). The van der Waals surface area contributed by atoms with Crippen molar-refractivity contribution in [2.24, 2.45) is 17.3 Å². The Balaban J connectivity index is 1.45. The van der Waals surface area contributed by atoms with Crippen molar-refractivity contribution in [3.63, 3.8) is 0 Å². The van der Waals surface area contributed by atoms with Gasteiger partial charge in [0.1, 0.15) is 0 Å². The van der Waals surface area contributed by atoms with Crippen molar-refractivity contribution in [3.8, 4) is 0 Å². The van der Waals surface area contributed by atoms with E-state index in [-0.39, 0.29) is 27.7 Å². The number of halogens is 3. The number of anilines is 1. The smallest absolute Gasteiger partial charge is 0.378 e. The lowest BCUT2D eigenvalue weighted by molar-refractivity contribution is -0.142. The van der Waals surface area contributed by atoms with Gasteiger partial charge in [-0.15, -0.1) is 0 Å². The van der Waals surface area contributed by atoms with Crippen molar-refractivity contribution >= 4 is 21.6 Å². The van der Waals surface area contributed by atoms with Crippen LogP contribution in [0.4, 0.5) is 18.9 Å². The Kier molecular flexibility index (Phi) is 9.70. The summed E-state index contributed by atoms with van der Waals surface area (Å²) in [6, 6.07) is 6.89. The van der Waals surface area contributed by atoms with Crippen LogP contribution < -0.4 is 10.2 Å². The summed E-state index contributed by atoms with van der Waals surface area (Å²) in [5.74, 6) is -0.587. The molecule has 1 aromatic heterocycles. The highest BCUT2D eigenvalue weighted by molar-refractivity contribution is 7.89. The normalized spacial score (nSPS) is 22.4. The third-order valence-electron chi connectivity index (χ3n) is 10.4. The van der Waals surface area contributed by atoms with E-state index in [9.17, 15) is 26.4 Å². The van der Waals surface area contributed by atoms with Gasteiger partial charge in [0.15, 0.2) is 5.69 Å². The molecule has 1 saturated carbocycles. The predicted molar refractivity (Wildman–Crippen MR) is 164 cm³/mol. The van der Waals surface area contributed by atoms with Gasteiger partial charge in [0.2, 0.25) is 10.0 Å². The number of nitrogens with one attached hydrogen (secondary N) is 1. The summed E-state index contributed by atoms with van der Waals surface area (Å²) < 4.78 is 72.7. The van der Waals surface area contributed by atoms with Crippen LogP contribution in [0.5, 0.6) is 0 Å². The number of aromatic nitrogens is 2. The minimum Gasteiger partial charge on any atom is -0.378 e. The topological polar surface area (TPSA) is 87.5 Å². The number of alkyl halides is 3. The molecule has 2 fully saturated rings. The Hall–Kier alpha value is -2.60. The number of carbonyl (C=O) groups excluding carboxylic acids is 1. The van der Waals surface area contributed by atoms with Gasteiger partial charge in [-0.3, -0.25) is 9.48 Å². The largest absolute Gasteiger partial charge is 0.435 e. The van der Waals surface area contributed by atoms with Crippen LogP contribution >= 0.6 is 0 Å². The number of sulfonamides is 1. The molecule has 12 heteroatoms. The van der Waals surface area contributed by atoms with Gasteiger partial charge in [-0.25, -0.2) is 8.42 Å². The molecule has 3 heterocycles. The van der Waals surface area contributed by atoms with Crippen LogP contribution in [0.2, 0.25) is 0 Å². The van der Waals surface area contributed by atoms with Gasteiger partial charge in [-0.2, -0.15) is 22.6 Å². The highest BCUT2D eigenvalue weighted by Gasteiger charge is 2.50. The fourth-order valence-corrected chi connectivity index (χ4v) is 9.45. The monoisotopic (exact) mass is 637 g/mol. The average molecular weight is 638 g/mol. The number of nitrogens with zero attached hydrogens (tertiary/aromatic N) is 4. The first-order valence-corrected chi connectivity index (χ1v) is 17.5. The zero-order chi connectivity index (χ0) is 31.7. The van der Waals surface area contributed by atoms with Gasteiger partial charge in [0.05, 0.1) is 16.2 Å². The van der Waals surface area contributed by atoms with Gasteiger partial charge in [0.25, 0.3) is 5.91 Å². The minimum atomic E-state index is -4.74.